The Morgan fingerprint density at radius 1 is 0.711 bits per heavy atom. The zero-order valence-corrected chi connectivity index (χ0v) is 50.0. The van der Waals surface area contributed by atoms with Crippen molar-refractivity contribution in [1.82, 2.24) is 55.1 Å². The van der Waals surface area contributed by atoms with E-state index in [0.29, 0.717) is 40.4 Å². The maximum absolute atomic E-state index is 11.5. The van der Waals surface area contributed by atoms with Gasteiger partial charge in [-0.2, -0.15) is 20.4 Å². The number of alkyl halides is 1. The van der Waals surface area contributed by atoms with Crippen LogP contribution >= 0.6 is 55.1 Å². The zero-order chi connectivity index (χ0) is 53.0. The number of piperidine rings is 2. The van der Waals surface area contributed by atoms with Crippen LogP contribution in [-0.2, 0) is 30.8 Å². The van der Waals surface area contributed by atoms with Gasteiger partial charge in [0, 0.05) is 43.9 Å². The highest BCUT2D eigenvalue weighted by atomic mass is 79.9. The van der Waals surface area contributed by atoms with Gasteiger partial charge in [-0.25, -0.2) is 21.5 Å². The summed E-state index contributed by atoms with van der Waals surface area (Å²) in [5.41, 5.74) is 6.31. The second-order valence-electron chi connectivity index (χ2n) is 23.6. The normalized spacial score (nSPS) is 29.4. The molecule has 11 fully saturated rings. The summed E-state index contributed by atoms with van der Waals surface area (Å²) < 4.78 is 51.0. The topological polar surface area (TPSA) is 178 Å². The second kappa shape index (κ2) is 22.6. The fourth-order valence-corrected chi connectivity index (χ4v) is 19.4. The van der Waals surface area contributed by atoms with E-state index in [9.17, 15) is 16.8 Å². The van der Waals surface area contributed by atoms with Crippen molar-refractivity contribution in [1.29, 1.82) is 0 Å². The molecular weight excluding hydrogens is 1170 g/mol. The lowest BCUT2D eigenvalue weighted by atomic mass is 9.50. The summed E-state index contributed by atoms with van der Waals surface area (Å²) in [4.78, 5) is 2.57. The summed E-state index contributed by atoms with van der Waals surface area (Å²) >= 11 is 19.6. The summed E-state index contributed by atoms with van der Waals surface area (Å²) in [5.74, 6) is 5.15. The van der Waals surface area contributed by atoms with Crippen LogP contribution in [0.15, 0.2) is 65.9 Å². The molecule has 0 spiro atoms. The predicted octanol–water partition coefficient (Wildman–Crippen LogP) is 10.6. The SMILES string of the molecule is Brc1cnn(C23CC(C2)C3)c1.CC[C@@H]1CCCC[C@H]1NC.Clc1cc2cn[nH]c2cc1C1CCNCC1.O=S1(=O)CC(Br)C1.O=S1(=O)CC(N2CCC(c3cc4c(cnn4-c4cnn(C56CC(C5)C6)c4)cc3Cl)CC2)C1. The van der Waals surface area contributed by atoms with Crippen molar-refractivity contribution in [2.75, 3.05) is 56.2 Å². The minimum Gasteiger partial charge on any atom is -0.317 e. The van der Waals surface area contributed by atoms with Crippen molar-refractivity contribution in [3.05, 3.63) is 87.1 Å². The Kier molecular flexibility index (Phi) is 16.4. The molecule has 0 amide bonds. The van der Waals surface area contributed by atoms with Crippen LogP contribution in [0.4, 0.5) is 0 Å². The number of H-pyrrole nitrogens is 1. The van der Waals surface area contributed by atoms with E-state index in [-0.39, 0.29) is 16.4 Å². The predicted molar refractivity (Wildman–Crippen MR) is 311 cm³/mol. The van der Waals surface area contributed by atoms with Gasteiger partial charge in [0.25, 0.3) is 0 Å². The van der Waals surface area contributed by atoms with Gasteiger partial charge in [0.2, 0.25) is 0 Å². The van der Waals surface area contributed by atoms with Crippen LogP contribution in [-0.4, -0.2) is 134 Å². The first kappa shape index (κ1) is 55.0. The van der Waals surface area contributed by atoms with Crippen LogP contribution < -0.4 is 10.6 Å². The molecule has 2 atom stereocenters. The van der Waals surface area contributed by atoms with Crippen molar-refractivity contribution in [3.63, 3.8) is 0 Å². The quantitative estimate of drug-likeness (QED) is 0.124. The van der Waals surface area contributed by atoms with E-state index < -0.39 is 19.7 Å². The maximum Gasteiger partial charge on any atom is 0.153 e. The Balaban J connectivity index is 0.000000116. The molecule has 4 aliphatic heterocycles. The molecule has 11 aliphatic rings. The van der Waals surface area contributed by atoms with E-state index in [1.165, 1.54) is 94.6 Å². The molecule has 17 rings (SSSR count). The van der Waals surface area contributed by atoms with Crippen molar-refractivity contribution >= 4 is 96.5 Å². The number of likely N-dealkylation sites (tertiary alicyclic amines) is 1. The second-order valence-corrected chi connectivity index (χ2v) is 30.9. The van der Waals surface area contributed by atoms with Crippen LogP contribution in [0, 0.1) is 17.8 Å². The third kappa shape index (κ3) is 11.7. The number of hydrogen-bond acceptors (Lipinski definition) is 11. The molecule has 0 unspecified atom stereocenters. The van der Waals surface area contributed by atoms with Crippen LogP contribution in [0.1, 0.15) is 126 Å². The molecule has 3 N–H and O–H groups in total. The first-order valence-corrected chi connectivity index (χ1v) is 33.8. The highest BCUT2D eigenvalue weighted by Gasteiger charge is 2.59. The lowest BCUT2D eigenvalue weighted by Gasteiger charge is -2.61. The number of halogens is 4. The van der Waals surface area contributed by atoms with Gasteiger partial charge in [-0.1, -0.05) is 65.3 Å². The van der Waals surface area contributed by atoms with Gasteiger partial charge < -0.3 is 10.6 Å². The number of nitrogens with one attached hydrogen (secondary N) is 3. The molecule has 4 bridgehead atoms. The molecule has 0 radical (unpaired) electrons. The molecule has 8 heterocycles. The highest BCUT2D eigenvalue weighted by Crippen LogP contribution is 2.62. The lowest BCUT2D eigenvalue weighted by Crippen LogP contribution is -2.59. The van der Waals surface area contributed by atoms with Crippen LogP contribution in [0.25, 0.3) is 27.5 Å². The Bertz CT molecular complexity index is 3170. The molecule has 4 saturated heterocycles. The number of aromatic amines is 1. The number of fused-ring (bicyclic) bond motifs is 2. The van der Waals surface area contributed by atoms with Gasteiger partial charge in [0.05, 0.1) is 80.6 Å². The molecule has 7 saturated carbocycles. The van der Waals surface area contributed by atoms with Gasteiger partial charge in [0.1, 0.15) is 5.69 Å². The molecule has 6 aromatic rings. The third-order valence-corrected chi connectivity index (χ3v) is 24.6. The standard InChI is InChI=1S/C23H26ClN5O2S.C12H14ClN3.C9H19N.C8H9BrN2.C3H5BrO2S/c24-21-5-17-10-26-29(18-11-25-28(12-18)23-7-15(8-23)9-23)22(17)6-20(21)16-1-3-27(4-2-16)19-13-32(30,31)14-19;13-11-5-9-7-15-16-12(9)6-10(11)8-1-3-14-4-2-8;1-3-8-6-4-5-7-9(8)10-2;9-7-4-10-11(5-7)8-1-6(2-8)3-8;4-3-1-7(5,6)2-3/h5-6,10-12,15-16,19H,1-4,7-9,13-14H2;5-8,14H,1-4H2,(H,15,16);8-10H,3-7H2,1-2H3;4-6H,1-3H2;3H,1-2H2/t;;8-,9-;;/m..1../s1. The van der Waals surface area contributed by atoms with Gasteiger partial charge in [-0.15, -0.1) is 0 Å². The summed E-state index contributed by atoms with van der Waals surface area (Å²) in [6.07, 6.45) is 31.0. The van der Waals surface area contributed by atoms with Crippen molar-refractivity contribution < 1.29 is 16.8 Å². The van der Waals surface area contributed by atoms with Gasteiger partial charge in [-0.3, -0.25) is 19.4 Å². The number of sulfone groups is 2. The molecule has 2 aromatic carbocycles. The van der Waals surface area contributed by atoms with E-state index in [1.807, 2.05) is 41.6 Å². The van der Waals surface area contributed by atoms with E-state index in [1.54, 1.807) is 0 Å². The average molecular weight is 1250 g/mol. The van der Waals surface area contributed by atoms with E-state index in [2.05, 4.69) is 121 Å². The smallest absolute Gasteiger partial charge is 0.153 e. The Morgan fingerprint density at radius 3 is 1.84 bits per heavy atom. The average Bonchev–Trinajstić information content (AvgIpc) is 4.18. The van der Waals surface area contributed by atoms with Gasteiger partial charge >= 0.3 is 0 Å². The van der Waals surface area contributed by atoms with Gasteiger partial charge in [-0.05, 0) is 191 Å². The monoisotopic (exact) mass is 1240 g/mol. The summed E-state index contributed by atoms with van der Waals surface area (Å²) in [5, 5.41) is 31.2. The van der Waals surface area contributed by atoms with Crippen LogP contribution in [0.2, 0.25) is 10.0 Å². The van der Waals surface area contributed by atoms with E-state index in [0.717, 1.165) is 105 Å². The van der Waals surface area contributed by atoms with Crippen molar-refractivity contribution in [2.24, 2.45) is 17.8 Å². The van der Waals surface area contributed by atoms with Crippen LogP contribution in [0.3, 0.4) is 0 Å². The minimum atomic E-state index is -2.78. The van der Waals surface area contributed by atoms with Crippen molar-refractivity contribution in [2.45, 2.75) is 143 Å². The number of hydrogen-bond donors (Lipinski definition) is 3. The summed E-state index contributed by atoms with van der Waals surface area (Å²) in [6, 6.07) is 9.43. The number of rotatable bonds is 8. The number of aromatic nitrogens is 8. The molecule has 7 aliphatic carbocycles. The first-order chi connectivity index (χ1) is 36.5. The fraction of sp³-hybridized carbons (Fsp3) is 0.636. The fourth-order valence-electron chi connectivity index (χ4n) is 13.6. The summed E-state index contributed by atoms with van der Waals surface area (Å²) in [7, 11) is -3.27. The van der Waals surface area contributed by atoms with Crippen LogP contribution in [0.5, 0.6) is 0 Å². The van der Waals surface area contributed by atoms with E-state index in [4.69, 9.17) is 23.2 Å². The molecule has 21 heteroatoms. The Morgan fingerprint density at radius 2 is 1.30 bits per heavy atom. The third-order valence-electron chi connectivity index (χ3n) is 18.4. The highest BCUT2D eigenvalue weighted by molar-refractivity contribution is 9.10. The lowest BCUT2D eigenvalue weighted by molar-refractivity contribution is -0.0979. The molecule has 412 valence electrons. The largest absolute Gasteiger partial charge is 0.317 e. The Hall–Kier alpha value is -2.88. The molecule has 4 aromatic heterocycles. The minimum absolute atomic E-state index is 0.206. The molecule has 15 nitrogen and oxygen atoms in total. The number of benzene rings is 2. The summed E-state index contributed by atoms with van der Waals surface area (Å²) in [6.45, 7) is 6.33. The number of nitrogens with zero attached hydrogens (tertiary/aromatic N) is 8. The molecule has 76 heavy (non-hydrogen) atoms. The first-order valence-electron chi connectivity index (χ1n) is 27.7. The molecular formula is C55H73Br2Cl2N11O4S2. The Labute approximate surface area is 474 Å². The van der Waals surface area contributed by atoms with E-state index >= 15 is 0 Å². The van der Waals surface area contributed by atoms with Gasteiger partial charge in [0.15, 0.2) is 19.7 Å². The zero-order valence-electron chi connectivity index (χ0n) is 43.7. The maximum atomic E-state index is 11.5. The van der Waals surface area contributed by atoms with Crippen molar-refractivity contribution in [3.8, 4) is 5.69 Å².